The number of fused-ring (bicyclic) bond motifs is 3. The molecule has 0 radical (unpaired) electrons. The number of para-hydroxylation sites is 1. The van der Waals surface area contributed by atoms with E-state index in [1.807, 2.05) is 5.32 Å². The van der Waals surface area contributed by atoms with Crippen LogP contribution < -0.4 is 10.6 Å². The van der Waals surface area contributed by atoms with Gasteiger partial charge >= 0.3 is 18.2 Å². The second-order valence-electron chi connectivity index (χ2n) is 12.4. The third-order valence-corrected chi connectivity index (χ3v) is 8.73. The molecule has 5 N–H and O–H groups in total. The molecule has 2 amide bonds. The molecule has 3 aromatic carbocycles. The van der Waals surface area contributed by atoms with E-state index in [2.05, 4.69) is 5.32 Å². The Labute approximate surface area is 276 Å². The van der Waals surface area contributed by atoms with E-state index >= 15 is 0 Å². The van der Waals surface area contributed by atoms with Gasteiger partial charge in [-0.05, 0) is 25.5 Å². The highest BCUT2D eigenvalue weighted by molar-refractivity contribution is 6.30. The number of aliphatic hydroxyl groups is 1. The third-order valence-electron chi connectivity index (χ3n) is 8.73. The van der Waals surface area contributed by atoms with Gasteiger partial charge in [-0.1, -0.05) is 42.5 Å². The molecule has 1 aliphatic heterocycles. The highest BCUT2D eigenvalue weighted by atomic mass is 19.4. The molecule has 0 saturated carbocycles. The average molecular weight is 685 g/mol. The van der Waals surface area contributed by atoms with Crippen LogP contribution in [0.5, 0.6) is 11.5 Å². The van der Waals surface area contributed by atoms with Gasteiger partial charge in [0.15, 0.2) is 17.9 Å². The van der Waals surface area contributed by atoms with Crippen molar-refractivity contribution in [1.82, 2.24) is 5.32 Å². The van der Waals surface area contributed by atoms with E-state index in [4.69, 9.17) is 14.2 Å². The Balaban J connectivity index is 1.35. The van der Waals surface area contributed by atoms with Gasteiger partial charge in [-0.2, -0.15) is 13.2 Å². The Bertz CT molecular complexity index is 1830. The Morgan fingerprint density at radius 3 is 2.20 bits per heavy atom. The highest BCUT2D eigenvalue weighted by Gasteiger charge is 2.48. The maximum absolute atomic E-state index is 13.6. The van der Waals surface area contributed by atoms with Crippen LogP contribution in [0.1, 0.15) is 75.3 Å². The SMILES string of the molecule is C[C@H]1C[C@@H](NC(=O)C(F)(F)F)C[C@H](O[C@H]2C[C@](O)(COC(=O)Nc3ccccc3)Cc3c(O)c4c(c(O)c32)C(=O)c2ccccc2C4=O)O1. The summed E-state index contributed by atoms with van der Waals surface area (Å²) in [4.78, 5) is 51.4. The molecule has 0 aromatic heterocycles. The summed E-state index contributed by atoms with van der Waals surface area (Å²) >= 11 is 0. The zero-order valence-corrected chi connectivity index (χ0v) is 25.9. The number of nitrogens with one attached hydrogen (secondary N) is 2. The van der Waals surface area contributed by atoms with Gasteiger partial charge in [0.1, 0.15) is 23.7 Å². The van der Waals surface area contributed by atoms with Crippen molar-refractivity contribution in [1.29, 1.82) is 0 Å². The predicted octanol–water partition coefficient (Wildman–Crippen LogP) is 4.43. The van der Waals surface area contributed by atoms with Crippen LogP contribution in [0.15, 0.2) is 54.6 Å². The molecule has 0 unspecified atom stereocenters. The fourth-order valence-electron chi connectivity index (χ4n) is 6.61. The van der Waals surface area contributed by atoms with Crippen LogP contribution in [0.2, 0.25) is 0 Å². The molecule has 6 rings (SSSR count). The van der Waals surface area contributed by atoms with Crippen LogP contribution >= 0.6 is 0 Å². The van der Waals surface area contributed by atoms with Crippen LogP contribution in [-0.4, -0.2) is 75.7 Å². The van der Waals surface area contributed by atoms with Crippen LogP contribution in [0.3, 0.4) is 0 Å². The minimum atomic E-state index is -5.13. The summed E-state index contributed by atoms with van der Waals surface area (Å²) in [6.07, 6.45) is -10.6. The van der Waals surface area contributed by atoms with Crippen molar-refractivity contribution in [2.75, 3.05) is 11.9 Å². The standard InChI is InChI=1S/C34H31F3N2O10/c1-16-11-18(38-31(44)34(35,36)37)12-23(48-16)49-22-14-33(46,15-47-32(45)39-17-7-3-2-4-8-17)13-21-24(22)30(43)26-25(29(21)42)27(40)19-9-5-6-10-20(19)28(26)41/h2-10,16,18,22-23,42-43,46H,11-15H2,1H3,(H,38,44)(H,39,45)/t16-,18+,22-,23-,33-/m0/s1. The number of ether oxygens (including phenoxy) is 3. The first-order chi connectivity index (χ1) is 23.1. The number of phenols is 2. The lowest BCUT2D eigenvalue weighted by Crippen LogP contribution is -2.50. The van der Waals surface area contributed by atoms with Crippen LogP contribution in [0.25, 0.3) is 0 Å². The number of anilines is 1. The quantitative estimate of drug-likeness (QED) is 0.182. The maximum Gasteiger partial charge on any atom is 0.471 e. The number of hydrogen-bond donors (Lipinski definition) is 5. The number of phenolic OH excluding ortho intramolecular Hbond substituents is 2. The van der Waals surface area contributed by atoms with E-state index in [1.54, 1.807) is 37.3 Å². The monoisotopic (exact) mass is 684 g/mol. The second-order valence-corrected chi connectivity index (χ2v) is 12.4. The van der Waals surface area contributed by atoms with Gasteiger partial charge in [-0.3, -0.25) is 19.7 Å². The van der Waals surface area contributed by atoms with Crippen LogP contribution in [-0.2, 0) is 25.4 Å². The van der Waals surface area contributed by atoms with Crippen molar-refractivity contribution in [2.24, 2.45) is 0 Å². The lowest BCUT2D eigenvalue weighted by molar-refractivity contribution is -0.230. The first kappa shape index (κ1) is 33.9. The molecule has 5 atom stereocenters. The minimum Gasteiger partial charge on any atom is -0.507 e. The molecule has 2 aliphatic carbocycles. The number of benzene rings is 3. The van der Waals surface area contributed by atoms with E-state index in [9.17, 15) is 47.7 Å². The molecule has 0 bridgehead atoms. The van der Waals surface area contributed by atoms with Gasteiger partial charge in [0.05, 0.1) is 23.3 Å². The molecule has 1 fully saturated rings. The number of amides is 2. The number of ketones is 2. The highest BCUT2D eigenvalue weighted by Crippen LogP contribution is 2.52. The van der Waals surface area contributed by atoms with Gasteiger partial charge in [0, 0.05) is 53.2 Å². The molecular weight excluding hydrogens is 653 g/mol. The van der Waals surface area contributed by atoms with Crippen molar-refractivity contribution in [2.45, 2.75) is 68.9 Å². The molecule has 49 heavy (non-hydrogen) atoms. The van der Waals surface area contributed by atoms with Crippen LogP contribution in [0, 0.1) is 0 Å². The molecule has 12 nitrogen and oxygen atoms in total. The van der Waals surface area contributed by atoms with Crippen molar-refractivity contribution in [3.05, 3.63) is 88.0 Å². The Kier molecular flexibility index (Phi) is 8.85. The molecule has 1 saturated heterocycles. The Morgan fingerprint density at radius 2 is 1.57 bits per heavy atom. The number of hydrogen-bond acceptors (Lipinski definition) is 10. The summed E-state index contributed by atoms with van der Waals surface area (Å²) in [6, 6.07) is 13.1. The smallest absolute Gasteiger partial charge is 0.471 e. The molecule has 3 aromatic rings. The number of alkyl halides is 3. The van der Waals surface area contributed by atoms with Gasteiger partial charge in [0.25, 0.3) is 0 Å². The van der Waals surface area contributed by atoms with E-state index in [0.29, 0.717) is 5.69 Å². The van der Waals surface area contributed by atoms with Gasteiger partial charge in [-0.15, -0.1) is 0 Å². The molecule has 0 spiro atoms. The molecule has 1 heterocycles. The van der Waals surface area contributed by atoms with Gasteiger partial charge in [0.2, 0.25) is 0 Å². The number of rotatable bonds is 6. The number of halogens is 3. The van der Waals surface area contributed by atoms with Gasteiger partial charge < -0.3 is 34.8 Å². The normalized spacial score (nSPS) is 24.7. The Morgan fingerprint density at radius 1 is 0.959 bits per heavy atom. The third kappa shape index (κ3) is 6.69. The summed E-state index contributed by atoms with van der Waals surface area (Å²) in [7, 11) is 0. The topological polar surface area (TPSA) is 181 Å². The molecular formula is C34H31F3N2O10. The van der Waals surface area contributed by atoms with Gasteiger partial charge in [-0.25, -0.2) is 4.79 Å². The largest absolute Gasteiger partial charge is 0.507 e. The summed E-state index contributed by atoms with van der Waals surface area (Å²) in [5, 5.41) is 39.4. The lowest BCUT2D eigenvalue weighted by Gasteiger charge is -2.42. The van der Waals surface area contributed by atoms with E-state index in [-0.39, 0.29) is 35.1 Å². The maximum atomic E-state index is 13.6. The predicted molar refractivity (Wildman–Crippen MR) is 163 cm³/mol. The summed E-state index contributed by atoms with van der Waals surface area (Å²) in [5.41, 5.74) is -2.90. The number of carbonyl (C=O) groups excluding carboxylic acids is 4. The van der Waals surface area contributed by atoms with Crippen molar-refractivity contribution >= 4 is 29.3 Å². The molecule has 3 aliphatic rings. The molecule has 258 valence electrons. The summed E-state index contributed by atoms with van der Waals surface area (Å²) in [5.74, 6) is -5.05. The first-order valence-corrected chi connectivity index (χ1v) is 15.3. The van der Waals surface area contributed by atoms with Crippen molar-refractivity contribution in [3.8, 4) is 11.5 Å². The zero-order chi connectivity index (χ0) is 35.2. The average Bonchev–Trinajstić information content (AvgIpc) is 3.04. The van der Waals surface area contributed by atoms with Crippen molar-refractivity contribution in [3.63, 3.8) is 0 Å². The zero-order valence-electron chi connectivity index (χ0n) is 25.9. The summed E-state index contributed by atoms with van der Waals surface area (Å²) < 4.78 is 56.3. The first-order valence-electron chi connectivity index (χ1n) is 15.3. The summed E-state index contributed by atoms with van der Waals surface area (Å²) in [6.45, 7) is 0.887. The fourth-order valence-corrected chi connectivity index (χ4v) is 6.61. The van der Waals surface area contributed by atoms with Crippen LogP contribution in [0.4, 0.5) is 23.7 Å². The number of aromatic hydroxyl groups is 2. The Hall–Kier alpha value is -4.99. The number of carbonyl (C=O) groups is 4. The van der Waals surface area contributed by atoms with Crippen molar-refractivity contribution < 1.29 is 61.9 Å². The molecule has 15 heteroatoms. The lowest BCUT2D eigenvalue weighted by atomic mass is 9.73. The van der Waals surface area contributed by atoms with E-state index in [0.717, 1.165) is 0 Å². The second kappa shape index (κ2) is 12.8. The minimum absolute atomic E-state index is 0.00836. The van der Waals surface area contributed by atoms with E-state index in [1.165, 1.54) is 24.3 Å². The van der Waals surface area contributed by atoms with E-state index < -0.39 is 102 Å². The fraction of sp³-hybridized carbons (Fsp3) is 0.353.